The van der Waals surface area contributed by atoms with Gasteiger partial charge in [-0.15, -0.1) is 0 Å². The van der Waals surface area contributed by atoms with Crippen molar-refractivity contribution in [2.24, 2.45) is 22.7 Å². The summed E-state index contributed by atoms with van der Waals surface area (Å²) < 4.78 is 15.6. The SMILES string of the molecule is CCCOC(=O)C1=C(C)N=C2C[C@@H](C)[C@@H](C(=O)OC)C(=O)[C@H]2[C@H]1c1ccc(OC)cc1. The summed E-state index contributed by atoms with van der Waals surface area (Å²) in [5, 5.41) is 0. The number of fused-ring (bicyclic) bond motifs is 1. The standard InChI is InChI=1S/C24H29NO6/c1-6-11-31-24(28)19-14(3)25-17-12-13(2)18(23(27)30-5)22(26)21(17)20(19)15-7-9-16(29-4)10-8-15/h7-10,13,18,20-21H,6,11-12H2,1-5H3/t13-,18-,20+,21-/m1/s1. The van der Waals surface area contributed by atoms with Crippen molar-refractivity contribution in [2.45, 2.75) is 39.5 Å². The molecule has 1 aliphatic heterocycles. The molecule has 0 N–H and O–H groups in total. The molecule has 31 heavy (non-hydrogen) atoms. The van der Waals surface area contributed by atoms with Gasteiger partial charge in [-0.1, -0.05) is 26.0 Å². The second kappa shape index (κ2) is 9.45. The summed E-state index contributed by atoms with van der Waals surface area (Å²) in [6, 6.07) is 7.26. The molecule has 0 saturated heterocycles. The lowest BCUT2D eigenvalue weighted by Gasteiger charge is -2.40. The van der Waals surface area contributed by atoms with Gasteiger partial charge in [-0.3, -0.25) is 14.6 Å². The highest BCUT2D eigenvalue weighted by atomic mass is 16.5. The minimum absolute atomic E-state index is 0.229. The molecule has 0 radical (unpaired) electrons. The highest BCUT2D eigenvalue weighted by Gasteiger charge is 2.51. The second-order valence-corrected chi connectivity index (χ2v) is 8.05. The van der Waals surface area contributed by atoms with Gasteiger partial charge in [-0.25, -0.2) is 4.79 Å². The molecule has 1 saturated carbocycles. The molecule has 1 aliphatic carbocycles. The minimum Gasteiger partial charge on any atom is -0.497 e. The van der Waals surface area contributed by atoms with E-state index in [0.29, 0.717) is 35.6 Å². The summed E-state index contributed by atoms with van der Waals surface area (Å²) in [7, 11) is 2.86. The number of hydrogen-bond donors (Lipinski definition) is 0. The molecule has 7 nitrogen and oxygen atoms in total. The van der Waals surface area contributed by atoms with E-state index in [-0.39, 0.29) is 18.3 Å². The molecule has 0 spiro atoms. The van der Waals surface area contributed by atoms with Crippen LogP contribution in [0.5, 0.6) is 5.75 Å². The number of nitrogens with zero attached hydrogens (tertiary/aromatic N) is 1. The molecule has 0 amide bonds. The lowest BCUT2D eigenvalue weighted by molar-refractivity contribution is -0.152. The van der Waals surface area contributed by atoms with Crippen LogP contribution in [-0.2, 0) is 23.9 Å². The van der Waals surface area contributed by atoms with Crippen LogP contribution in [0, 0.1) is 17.8 Å². The molecular weight excluding hydrogens is 398 g/mol. The van der Waals surface area contributed by atoms with Crippen LogP contribution in [0.2, 0.25) is 0 Å². The highest BCUT2D eigenvalue weighted by molar-refractivity contribution is 6.17. The Hall–Kier alpha value is -2.96. The molecule has 1 aromatic rings. The molecular formula is C24H29NO6. The first-order chi connectivity index (χ1) is 14.8. The number of esters is 2. The first-order valence-electron chi connectivity index (χ1n) is 10.5. The van der Waals surface area contributed by atoms with Crippen molar-refractivity contribution in [1.82, 2.24) is 0 Å². The summed E-state index contributed by atoms with van der Waals surface area (Å²) in [6.45, 7) is 5.82. The van der Waals surface area contributed by atoms with Crippen molar-refractivity contribution in [3.63, 3.8) is 0 Å². The lowest BCUT2D eigenvalue weighted by Crippen LogP contribution is -2.48. The number of ether oxygens (including phenoxy) is 3. The van der Waals surface area contributed by atoms with E-state index >= 15 is 0 Å². The molecule has 0 aromatic heterocycles. The predicted octanol–water partition coefficient (Wildman–Crippen LogP) is 3.47. The Morgan fingerprint density at radius 1 is 1.13 bits per heavy atom. The summed E-state index contributed by atoms with van der Waals surface area (Å²) >= 11 is 0. The third kappa shape index (κ3) is 4.27. The van der Waals surface area contributed by atoms with Gasteiger partial charge in [0.05, 0.1) is 32.3 Å². The molecule has 2 aliphatic rings. The molecule has 0 unspecified atom stereocenters. The number of aliphatic imine (C=N–C) groups is 1. The molecule has 1 heterocycles. The lowest BCUT2D eigenvalue weighted by atomic mass is 9.64. The molecule has 3 rings (SSSR count). The largest absolute Gasteiger partial charge is 0.497 e. The Labute approximate surface area is 182 Å². The van der Waals surface area contributed by atoms with Crippen molar-refractivity contribution in [3.8, 4) is 5.75 Å². The fourth-order valence-electron chi connectivity index (χ4n) is 4.54. The van der Waals surface area contributed by atoms with E-state index in [1.165, 1.54) is 7.11 Å². The number of rotatable bonds is 6. The topological polar surface area (TPSA) is 91.3 Å². The van der Waals surface area contributed by atoms with Crippen LogP contribution in [0.15, 0.2) is 40.5 Å². The third-order valence-corrected chi connectivity index (χ3v) is 6.00. The van der Waals surface area contributed by atoms with Crippen molar-refractivity contribution < 1.29 is 28.6 Å². The second-order valence-electron chi connectivity index (χ2n) is 8.05. The number of benzene rings is 1. The van der Waals surface area contributed by atoms with E-state index in [1.54, 1.807) is 26.2 Å². The minimum atomic E-state index is -0.888. The zero-order valence-corrected chi connectivity index (χ0v) is 18.6. The van der Waals surface area contributed by atoms with Crippen LogP contribution >= 0.6 is 0 Å². The van der Waals surface area contributed by atoms with Crippen molar-refractivity contribution in [2.75, 3.05) is 20.8 Å². The van der Waals surface area contributed by atoms with E-state index < -0.39 is 29.7 Å². The van der Waals surface area contributed by atoms with E-state index in [2.05, 4.69) is 4.99 Å². The summed E-state index contributed by atoms with van der Waals surface area (Å²) in [5.74, 6) is -3.06. The Morgan fingerprint density at radius 3 is 2.39 bits per heavy atom. The van der Waals surface area contributed by atoms with Gasteiger partial charge < -0.3 is 14.2 Å². The molecule has 7 heteroatoms. The van der Waals surface area contributed by atoms with Gasteiger partial charge in [0.15, 0.2) is 5.78 Å². The monoisotopic (exact) mass is 427 g/mol. The van der Waals surface area contributed by atoms with Crippen molar-refractivity contribution in [1.29, 1.82) is 0 Å². The van der Waals surface area contributed by atoms with Gasteiger partial charge in [-0.05, 0) is 43.4 Å². The number of methoxy groups -OCH3 is 2. The zero-order chi connectivity index (χ0) is 22.7. The van der Waals surface area contributed by atoms with Crippen LogP contribution < -0.4 is 4.74 Å². The van der Waals surface area contributed by atoms with Crippen LogP contribution in [0.4, 0.5) is 0 Å². The quantitative estimate of drug-likeness (QED) is 0.510. The van der Waals surface area contributed by atoms with Gasteiger partial charge in [-0.2, -0.15) is 0 Å². The van der Waals surface area contributed by atoms with Gasteiger partial charge in [0.25, 0.3) is 0 Å². The Morgan fingerprint density at radius 2 is 1.81 bits per heavy atom. The van der Waals surface area contributed by atoms with E-state index in [9.17, 15) is 14.4 Å². The summed E-state index contributed by atoms with van der Waals surface area (Å²) in [5.41, 5.74) is 2.37. The number of ketones is 1. The summed E-state index contributed by atoms with van der Waals surface area (Å²) in [4.78, 5) is 43.6. The zero-order valence-electron chi connectivity index (χ0n) is 18.6. The average Bonchev–Trinajstić information content (AvgIpc) is 2.76. The third-order valence-electron chi connectivity index (χ3n) is 6.00. The summed E-state index contributed by atoms with van der Waals surface area (Å²) in [6.07, 6.45) is 1.17. The number of carbonyl (C=O) groups excluding carboxylic acids is 3. The van der Waals surface area contributed by atoms with E-state index in [4.69, 9.17) is 14.2 Å². The maximum absolute atomic E-state index is 13.6. The smallest absolute Gasteiger partial charge is 0.336 e. The fraction of sp³-hybridized carbons (Fsp3) is 0.500. The van der Waals surface area contributed by atoms with Crippen LogP contribution in [0.1, 0.15) is 45.1 Å². The number of Topliss-reactive ketones (excluding diaryl/α,β-unsaturated/α-hetero) is 1. The average molecular weight is 427 g/mol. The Kier molecular flexibility index (Phi) is 6.93. The molecule has 0 bridgehead atoms. The van der Waals surface area contributed by atoms with Gasteiger partial charge in [0, 0.05) is 17.3 Å². The molecule has 4 atom stereocenters. The maximum atomic E-state index is 13.6. The number of carbonyl (C=O) groups is 3. The number of allylic oxidation sites excluding steroid dienone is 1. The molecule has 1 aromatic carbocycles. The Bertz CT molecular complexity index is 930. The highest BCUT2D eigenvalue weighted by Crippen LogP contribution is 2.46. The first kappa shape index (κ1) is 22.7. The van der Waals surface area contributed by atoms with Crippen LogP contribution in [0.3, 0.4) is 0 Å². The van der Waals surface area contributed by atoms with Crippen molar-refractivity contribution in [3.05, 3.63) is 41.1 Å². The molecule has 1 fully saturated rings. The van der Waals surface area contributed by atoms with Crippen LogP contribution in [0.25, 0.3) is 0 Å². The van der Waals surface area contributed by atoms with Crippen LogP contribution in [-0.4, -0.2) is 44.3 Å². The first-order valence-corrected chi connectivity index (χ1v) is 10.5. The maximum Gasteiger partial charge on any atom is 0.336 e. The number of hydrogen-bond acceptors (Lipinski definition) is 7. The normalized spacial score (nSPS) is 25.5. The van der Waals surface area contributed by atoms with E-state index in [0.717, 1.165) is 5.56 Å². The molecule has 166 valence electrons. The van der Waals surface area contributed by atoms with Gasteiger partial charge in [0.2, 0.25) is 0 Å². The fourth-order valence-corrected chi connectivity index (χ4v) is 4.54. The van der Waals surface area contributed by atoms with E-state index in [1.807, 2.05) is 26.0 Å². The van der Waals surface area contributed by atoms with Gasteiger partial charge >= 0.3 is 11.9 Å². The predicted molar refractivity (Wildman–Crippen MR) is 115 cm³/mol. The Balaban J connectivity index is 2.13. The van der Waals surface area contributed by atoms with Gasteiger partial charge in [0.1, 0.15) is 11.7 Å². The van der Waals surface area contributed by atoms with Crippen molar-refractivity contribution >= 4 is 23.4 Å².